The lowest BCUT2D eigenvalue weighted by atomic mass is 10.1. The van der Waals surface area contributed by atoms with Gasteiger partial charge in [-0.2, -0.15) is 0 Å². The van der Waals surface area contributed by atoms with E-state index in [0.29, 0.717) is 24.7 Å². The lowest BCUT2D eigenvalue weighted by molar-refractivity contribution is -0.385. The monoisotopic (exact) mass is 377 g/mol. The summed E-state index contributed by atoms with van der Waals surface area (Å²) in [6.07, 6.45) is 6.13. The molecule has 142 valence electrons. The quantitative estimate of drug-likeness (QED) is 0.498. The number of pyridine rings is 1. The second-order valence-corrected chi connectivity index (χ2v) is 6.62. The Labute approximate surface area is 162 Å². The Balaban J connectivity index is 1.53. The van der Waals surface area contributed by atoms with Gasteiger partial charge in [0.25, 0.3) is 5.69 Å². The second kappa shape index (κ2) is 7.69. The molecule has 1 aliphatic heterocycles. The fraction of sp³-hybridized carbons (Fsp3) is 0.250. The molecule has 0 unspecified atom stereocenters. The Morgan fingerprint density at radius 2 is 2.07 bits per heavy atom. The van der Waals surface area contributed by atoms with E-state index in [1.807, 2.05) is 18.3 Å². The molecule has 2 aromatic heterocycles. The molecule has 0 amide bonds. The van der Waals surface area contributed by atoms with Crippen molar-refractivity contribution in [3.8, 4) is 17.1 Å². The van der Waals surface area contributed by atoms with Crippen LogP contribution in [0.1, 0.15) is 16.8 Å². The number of aromatic nitrogens is 3. The van der Waals surface area contributed by atoms with Crippen molar-refractivity contribution < 1.29 is 9.66 Å². The highest BCUT2D eigenvalue weighted by Gasteiger charge is 2.21. The minimum absolute atomic E-state index is 0.0681. The molecule has 0 bridgehead atoms. The molecule has 28 heavy (non-hydrogen) atoms. The number of nitro benzene ring substituents is 1. The van der Waals surface area contributed by atoms with E-state index >= 15 is 0 Å². The Morgan fingerprint density at radius 3 is 2.82 bits per heavy atom. The highest BCUT2D eigenvalue weighted by atomic mass is 16.6. The fourth-order valence-corrected chi connectivity index (χ4v) is 3.39. The van der Waals surface area contributed by atoms with Crippen molar-refractivity contribution in [1.29, 1.82) is 0 Å². The Bertz CT molecular complexity index is 1010. The van der Waals surface area contributed by atoms with E-state index in [4.69, 9.17) is 9.72 Å². The van der Waals surface area contributed by atoms with Crippen LogP contribution in [0.25, 0.3) is 11.4 Å². The number of rotatable bonds is 5. The van der Waals surface area contributed by atoms with Crippen LogP contribution >= 0.6 is 0 Å². The molecule has 0 saturated heterocycles. The number of nitro groups is 1. The summed E-state index contributed by atoms with van der Waals surface area (Å²) in [5.74, 6) is 1.36. The van der Waals surface area contributed by atoms with Gasteiger partial charge in [-0.1, -0.05) is 0 Å². The maximum absolute atomic E-state index is 11.1. The molecule has 0 radical (unpaired) electrons. The van der Waals surface area contributed by atoms with Crippen LogP contribution in [0.3, 0.4) is 0 Å². The van der Waals surface area contributed by atoms with E-state index in [-0.39, 0.29) is 10.6 Å². The van der Waals surface area contributed by atoms with Crippen molar-refractivity contribution in [2.45, 2.75) is 19.5 Å². The van der Waals surface area contributed by atoms with E-state index in [2.05, 4.69) is 14.9 Å². The lowest BCUT2D eigenvalue weighted by Gasteiger charge is -2.28. The summed E-state index contributed by atoms with van der Waals surface area (Å²) in [6.45, 7) is 2.07. The highest BCUT2D eigenvalue weighted by Crippen LogP contribution is 2.27. The average molecular weight is 377 g/mol. The molecule has 8 nitrogen and oxygen atoms in total. The first-order chi connectivity index (χ1) is 13.6. The fourth-order valence-electron chi connectivity index (χ4n) is 3.39. The SMILES string of the molecule is COc1ccc([N+](=O)[O-])cc1CN1CCc2nc(-c3ccncc3)ncc2C1. The molecule has 0 N–H and O–H groups in total. The minimum Gasteiger partial charge on any atom is -0.496 e. The Morgan fingerprint density at radius 1 is 1.25 bits per heavy atom. The molecular weight excluding hydrogens is 358 g/mol. The number of nitrogens with zero attached hydrogens (tertiary/aromatic N) is 5. The van der Waals surface area contributed by atoms with Gasteiger partial charge in [0.05, 0.1) is 17.7 Å². The summed E-state index contributed by atoms with van der Waals surface area (Å²) in [5.41, 5.74) is 3.94. The van der Waals surface area contributed by atoms with Crippen molar-refractivity contribution in [3.05, 3.63) is 75.9 Å². The van der Waals surface area contributed by atoms with Crippen molar-refractivity contribution in [1.82, 2.24) is 19.9 Å². The van der Waals surface area contributed by atoms with Crippen molar-refractivity contribution in [3.63, 3.8) is 0 Å². The average Bonchev–Trinajstić information content (AvgIpc) is 2.74. The van der Waals surface area contributed by atoms with Crippen molar-refractivity contribution in [2.24, 2.45) is 0 Å². The molecule has 3 aromatic rings. The molecule has 0 aliphatic carbocycles. The van der Waals surface area contributed by atoms with Crippen molar-refractivity contribution in [2.75, 3.05) is 13.7 Å². The first kappa shape index (κ1) is 18.0. The zero-order valence-electron chi connectivity index (χ0n) is 15.4. The van der Waals surface area contributed by atoms with Crippen LogP contribution in [0.15, 0.2) is 48.9 Å². The number of hydrogen-bond donors (Lipinski definition) is 0. The van der Waals surface area contributed by atoms with Gasteiger partial charge in [0, 0.05) is 73.5 Å². The lowest BCUT2D eigenvalue weighted by Crippen LogP contribution is -2.31. The smallest absolute Gasteiger partial charge is 0.270 e. The predicted molar refractivity (Wildman–Crippen MR) is 103 cm³/mol. The van der Waals surface area contributed by atoms with Gasteiger partial charge in [0.2, 0.25) is 0 Å². The van der Waals surface area contributed by atoms with E-state index < -0.39 is 0 Å². The number of methoxy groups -OCH3 is 1. The number of hydrogen-bond acceptors (Lipinski definition) is 7. The highest BCUT2D eigenvalue weighted by molar-refractivity contribution is 5.54. The van der Waals surface area contributed by atoms with Crippen molar-refractivity contribution >= 4 is 5.69 Å². The summed E-state index contributed by atoms with van der Waals surface area (Å²) in [6, 6.07) is 8.48. The Hall–Kier alpha value is -3.39. The number of fused-ring (bicyclic) bond motifs is 1. The van der Waals surface area contributed by atoms with E-state index in [1.54, 1.807) is 31.6 Å². The number of non-ortho nitro benzene ring substituents is 1. The summed E-state index contributed by atoms with van der Waals surface area (Å²) in [7, 11) is 1.57. The molecule has 8 heteroatoms. The van der Waals surface area contributed by atoms with Gasteiger partial charge < -0.3 is 4.74 Å². The number of ether oxygens (including phenoxy) is 1. The zero-order valence-corrected chi connectivity index (χ0v) is 15.4. The van der Waals surface area contributed by atoms with Crippen LogP contribution in [-0.4, -0.2) is 38.4 Å². The van der Waals surface area contributed by atoms with E-state index in [0.717, 1.165) is 35.3 Å². The van der Waals surface area contributed by atoms with E-state index in [1.165, 1.54) is 6.07 Å². The summed E-state index contributed by atoms with van der Waals surface area (Å²) < 4.78 is 5.38. The summed E-state index contributed by atoms with van der Waals surface area (Å²) in [5, 5.41) is 11.1. The summed E-state index contributed by atoms with van der Waals surface area (Å²) in [4.78, 5) is 26.2. The molecule has 4 rings (SSSR count). The third kappa shape index (κ3) is 3.67. The van der Waals surface area contributed by atoms with Gasteiger partial charge in [0.15, 0.2) is 5.82 Å². The van der Waals surface area contributed by atoms with Crippen LogP contribution in [0.4, 0.5) is 5.69 Å². The third-order valence-corrected chi connectivity index (χ3v) is 4.82. The second-order valence-electron chi connectivity index (χ2n) is 6.62. The first-order valence-electron chi connectivity index (χ1n) is 8.93. The number of benzene rings is 1. The maximum Gasteiger partial charge on any atom is 0.270 e. The van der Waals surface area contributed by atoms with Gasteiger partial charge in [-0.05, 0) is 18.2 Å². The topological polar surface area (TPSA) is 94.3 Å². The standard InChI is InChI=1S/C20H19N5O3/c1-28-19-3-2-17(25(26)27)10-15(19)12-24-9-6-18-16(13-24)11-22-20(23-18)14-4-7-21-8-5-14/h2-5,7-8,10-11H,6,9,12-13H2,1H3. The Kier molecular flexibility index (Phi) is 4.94. The van der Waals surface area contributed by atoms with E-state index in [9.17, 15) is 10.1 Å². The van der Waals surface area contributed by atoms with Gasteiger partial charge in [0.1, 0.15) is 5.75 Å². The minimum atomic E-state index is -0.386. The van der Waals surface area contributed by atoms with Gasteiger partial charge >= 0.3 is 0 Å². The van der Waals surface area contributed by atoms with Gasteiger partial charge in [-0.25, -0.2) is 9.97 Å². The molecule has 1 aromatic carbocycles. The molecule has 0 atom stereocenters. The van der Waals surface area contributed by atoms with Crippen LogP contribution in [-0.2, 0) is 19.5 Å². The molecule has 1 aliphatic rings. The largest absolute Gasteiger partial charge is 0.496 e. The van der Waals surface area contributed by atoms with Crippen LogP contribution in [0.2, 0.25) is 0 Å². The molecule has 0 spiro atoms. The van der Waals surface area contributed by atoms with Crippen LogP contribution in [0.5, 0.6) is 5.75 Å². The van der Waals surface area contributed by atoms with Crippen LogP contribution < -0.4 is 4.74 Å². The first-order valence-corrected chi connectivity index (χ1v) is 8.93. The normalized spacial score (nSPS) is 13.8. The predicted octanol–water partition coefficient (Wildman–Crippen LogP) is 3.01. The van der Waals surface area contributed by atoms with Crippen LogP contribution in [0, 0.1) is 10.1 Å². The van der Waals surface area contributed by atoms with Gasteiger partial charge in [-0.3, -0.25) is 20.0 Å². The molecular formula is C20H19N5O3. The molecule has 3 heterocycles. The zero-order chi connectivity index (χ0) is 19.5. The third-order valence-electron chi connectivity index (χ3n) is 4.82. The molecule has 0 saturated carbocycles. The summed E-state index contributed by atoms with van der Waals surface area (Å²) >= 11 is 0. The molecule has 0 fully saturated rings. The van der Waals surface area contributed by atoms with Gasteiger partial charge in [-0.15, -0.1) is 0 Å². The maximum atomic E-state index is 11.1.